The first kappa shape index (κ1) is 13.9. The third-order valence-corrected chi connectivity index (χ3v) is 6.96. The van der Waals surface area contributed by atoms with E-state index in [0.717, 1.165) is 43.5 Å². The number of hydrogen-bond donors (Lipinski definition) is 0. The van der Waals surface area contributed by atoms with Crippen LogP contribution in [0.4, 0.5) is 0 Å². The summed E-state index contributed by atoms with van der Waals surface area (Å²) >= 11 is 1.74. The number of rotatable bonds is 2. The lowest BCUT2D eigenvalue weighted by Crippen LogP contribution is -2.50. The van der Waals surface area contributed by atoms with E-state index in [1.807, 2.05) is 4.90 Å². The minimum Gasteiger partial charge on any atom is -0.340 e. The molecule has 21 heavy (non-hydrogen) atoms. The predicted octanol–water partition coefficient (Wildman–Crippen LogP) is 1.95. The van der Waals surface area contributed by atoms with E-state index in [9.17, 15) is 9.59 Å². The van der Waals surface area contributed by atoms with Gasteiger partial charge in [0.1, 0.15) is 6.04 Å². The van der Waals surface area contributed by atoms with Crippen molar-refractivity contribution in [1.82, 2.24) is 9.80 Å². The fourth-order valence-corrected chi connectivity index (χ4v) is 5.53. The maximum absolute atomic E-state index is 12.8. The Bertz CT molecular complexity index is 440. The molecule has 5 heteroatoms. The Kier molecular flexibility index (Phi) is 3.64. The van der Waals surface area contributed by atoms with Crippen molar-refractivity contribution in [2.45, 2.75) is 44.6 Å². The van der Waals surface area contributed by atoms with Crippen LogP contribution in [-0.4, -0.2) is 52.4 Å². The summed E-state index contributed by atoms with van der Waals surface area (Å²) in [5, 5.41) is 0. The standard InChI is InChI=1S/C16H24N2O2S/c19-15(11-3-1-4-11)18-10-21-9-14(18)16(20)17-7-12-5-2-6-13(12)8-17/h11-14H,1-10H2/t12-,13+,14-/m0/s1. The number of nitrogens with zero attached hydrogens (tertiary/aromatic N) is 2. The first-order valence-corrected chi connectivity index (χ1v) is 9.56. The second-order valence-electron chi connectivity index (χ2n) is 7.15. The number of thioether (sulfide) groups is 1. The highest BCUT2D eigenvalue weighted by atomic mass is 32.2. The quantitative estimate of drug-likeness (QED) is 0.783. The summed E-state index contributed by atoms with van der Waals surface area (Å²) < 4.78 is 0. The molecule has 2 saturated heterocycles. The Labute approximate surface area is 130 Å². The van der Waals surface area contributed by atoms with Gasteiger partial charge in [0.15, 0.2) is 0 Å². The maximum Gasteiger partial charge on any atom is 0.246 e. The highest BCUT2D eigenvalue weighted by molar-refractivity contribution is 7.99. The molecule has 2 heterocycles. The molecule has 2 aliphatic carbocycles. The molecule has 3 atom stereocenters. The van der Waals surface area contributed by atoms with E-state index in [-0.39, 0.29) is 23.8 Å². The molecule has 0 aromatic heterocycles. The molecule has 4 aliphatic rings. The Morgan fingerprint density at radius 3 is 2.19 bits per heavy atom. The van der Waals surface area contributed by atoms with E-state index in [2.05, 4.69) is 4.90 Å². The Morgan fingerprint density at radius 1 is 0.905 bits per heavy atom. The molecule has 116 valence electrons. The molecule has 0 unspecified atom stereocenters. The number of hydrogen-bond acceptors (Lipinski definition) is 3. The summed E-state index contributed by atoms with van der Waals surface area (Å²) in [4.78, 5) is 29.3. The van der Waals surface area contributed by atoms with Gasteiger partial charge in [0.2, 0.25) is 11.8 Å². The SMILES string of the molecule is O=C([C@@H]1CSCN1C(=O)C1CCC1)N1C[C@H]2CCC[C@H]2C1. The first-order valence-electron chi connectivity index (χ1n) is 8.41. The molecule has 0 bridgehead atoms. The molecule has 0 radical (unpaired) electrons. The van der Waals surface area contributed by atoms with Crippen molar-refractivity contribution in [3.05, 3.63) is 0 Å². The Balaban J connectivity index is 1.42. The van der Waals surface area contributed by atoms with Gasteiger partial charge in [-0.1, -0.05) is 12.8 Å². The molecule has 0 spiro atoms. The van der Waals surface area contributed by atoms with Crippen molar-refractivity contribution >= 4 is 23.6 Å². The zero-order valence-electron chi connectivity index (χ0n) is 12.5. The monoisotopic (exact) mass is 308 g/mol. The first-order chi connectivity index (χ1) is 10.2. The summed E-state index contributed by atoms with van der Waals surface area (Å²) in [6.07, 6.45) is 7.13. The van der Waals surface area contributed by atoms with Crippen molar-refractivity contribution in [2.75, 3.05) is 24.7 Å². The molecule has 2 aliphatic heterocycles. The lowest BCUT2D eigenvalue weighted by atomic mass is 9.84. The third-order valence-electron chi connectivity index (χ3n) is 5.94. The zero-order chi connectivity index (χ0) is 14.4. The fraction of sp³-hybridized carbons (Fsp3) is 0.875. The van der Waals surface area contributed by atoms with E-state index in [1.54, 1.807) is 11.8 Å². The lowest BCUT2D eigenvalue weighted by molar-refractivity contribution is -0.146. The van der Waals surface area contributed by atoms with Crippen molar-refractivity contribution in [1.29, 1.82) is 0 Å². The number of likely N-dealkylation sites (tertiary alicyclic amines) is 1. The van der Waals surface area contributed by atoms with Crippen molar-refractivity contribution in [3.63, 3.8) is 0 Å². The molecule has 2 amide bonds. The fourth-order valence-electron chi connectivity index (χ4n) is 4.38. The van der Waals surface area contributed by atoms with Gasteiger partial charge in [-0.15, -0.1) is 11.8 Å². The summed E-state index contributed by atoms with van der Waals surface area (Å²) in [5.74, 6) is 3.65. The minimum atomic E-state index is -0.179. The summed E-state index contributed by atoms with van der Waals surface area (Å²) in [6, 6.07) is -0.179. The highest BCUT2D eigenvalue weighted by Gasteiger charge is 2.44. The molecule has 0 aromatic carbocycles. The van der Waals surface area contributed by atoms with Crippen LogP contribution in [0.25, 0.3) is 0 Å². The van der Waals surface area contributed by atoms with Crippen LogP contribution in [0.15, 0.2) is 0 Å². The van der Waals surface area contributed by atoms with Gasteiger partial charge >= 0.3 is 0 Å². The van der Waals surface area contributed by atoms with E-state index in [4.69, 9.17) is 0 Å². The van der Waals surface area contributed by atoms with Gasteiger partial charge in [-0.2, -0.15) is 0 Å². The minimum absolute atomic E-state index is 0.179. The van der Waals surface area contributed by atoms with Crippen LogP contribution in [0.5, 0.6) is 0 Å². The van der Waals surface area contributed by atoms with E-state index in [1.165, 1.54) is 25.7 Å². The number of carbonyl (C=O) groups excluding carboxylic acids is 2. The summed E-state index contributed by atoms with van der Waals surface area (Å²) in [5.41, 5.74) is 0. The van der Waals surface area contributed by atoms with Crippen LogP contribution in [-0.2, 0) is 9.59 Å². The van der Waals surface area contributed by atoms with E-state index < -0.39 is 0 Å². The maximum atomic E-state index is 12.8. The molecule has 4 fully saturated rings. The molecular formula is C16H24N2O2S. The van der Waals surface area contributed by atoms with Crippen molar-refractivity contribution < 1.29 is 9.59 Å². The van der Waals surface area contributed by atoms with Crippen LogP contribution in [0.3, 0.4) is 0 Å². The molecule has 0 N–H and O–H groups in total. The summed E-state index contributed by atoms with van der Waals surface area (Å²) in [7, 11) is 0. The number of carbonyl (C=O) groups is 2. The second kappa shape index (κ2) is 5.49. The van der Waals surface area contributed by atoms with Crippen LogP contribution < -0.4 is 0 Å². The van der Waals surface area contributed by atoms with Gasteiger partial charge in [0.25, 0.3) is 0 Å². The van der Waals surface area contributed by atoms with Gasteiger partial charge in [0.05, 0.1) is 5.88 Å². The molecule has 4 nitrogen and oxygen atoms in total. The van der Waals surface area contributed by atoms with Gasteiger partial charge in [0, 0.05) is 24.8 Å². The van der Waals surface area contributed by atoms with Gasteiger partial charge < -0.3 is 9.80 Å². The zero-order valence-corrected chi connectivity index (χ0v) is 13.3. The van der Waals surface area contributed by atoms with E-state index in [0.29, 0.717) is 5.88 Å². The average Bonchev–Trinajstić information content (AvgIpc) is 3.10. The topological polar surface area (TPSA) is 40.6 Å². The van der Waals surface area contributed by atoms with Crippen molar-refractivity contribution in [2.24, 2.45) is 17.8 Å². The lowest BCUT2D eigenvalue weighted by Gasteiger charge is -2.33. The molecule has 0 aromatic rings. The predicted molar refractivity (Wildman–Crippen MR) is 82.7 cm³/mol. The Hall–Kier alpha value is -0.710. The Morgan fingerprint density at radius 2 is 1.57 bits per heavy atom. The second-order valence-corrected chi connectivity index (χ2v) is 8.15. The van der Waals surface area contributed by atoms with Crippen LogP contribution >= 0.6 is 11.8 Å². The average molecular weight is 308 g/mol. The highest BCUT2D eigenvalue weighted by Crippen LogP contribution is 2.39. The summed E-state index contributed by atoms with van der Waals surface area (Å²) in [6.45, 7) is 1.88. The van der Waals surface area contributed by atoms with Crippen LogP contribution in [0.1, 0.15) is 38.5 Å². The van der Waals surface area contributed by atoms with Gasteiger partial charge in [-0.3, -0.25) is 9.59 Å². The number of fused-ring (bicyclic) bond motifs is 1. The third kappa shape index (κ3) is 2.37. The molecule has 4 rings (SSSR count). The largest absolute Gasteiger partial charge is 0.340 e. The van der Waals surface area contributed by atoms with Crippen molar-refractivity contribution in [3.8, 4) is 0 Å². The van der Waals surface area contributed by atoms with Gasteiger partial charge in [-0.25, -0.2) is 0 Å². The van der Waals surface area contributed by atoms with Crippen LogP contribution in [0.2, 0.25) is 0 Å². The molecule has 2 saturated carbocycles. The normalized spacial score (nSPS) is 35.9. The van der Waals surface area contributed by atoms with E-state index >= 15 is 0 Å². The smallest absolute Gasteiger partial charge is 0.246 e. The molecular weight excluding hydrogens is 284 g/mol. The van der Waals surface area contributed by atoms with Crippen LogP contribution in [0, 0.1) is 17.8 Å². The van der Waals surface area contributed by atoms with Gasteiger partial charge in [-0.05, 0) is 37.5 Å². The number of amides is 2.